The Labute approximate surface area is 140 Å². The van der Waals surface area contributed by atoms with Gasteiger partial charge in [-0.1, -0.05) is 23.7 Å². The Hall–Kier alpha value is -2.08. The zero-order valence-electron chi connectivity index (χ0n) is 13.0. The smallest absolute Gasteiger partial charge is 0.252 e. The van der Waals surface area contributed by atoms with Gasteiger partial charge in [-0.15, -0.1) is 0 Å². The zero-order chi connectivity index (χ0) is 16.8. The van der Waals surface area contributed by atoms with Crippen LogP contribution in [0.5, 0.6) is 0 Å². The first-order valence-corrected chi connectivity index (χ1v) is 7.93. The van der Waals surface area contributed by atoms with E-state index >= 15 is 0 Å². The zero-order valence-corrected chi connectivity index (χ0v) is 13.8. The van der Waals surface area contributed by atoms with Gasteiger partial charge in [0.05, 0.1) is 10.6 Å². The van der Waals surface area contributed by atoms with Gasteiger partial charge in [0, 0.05) is 46.1 Å². The van der Waals surface area contributed by atoms with Gasteiger partial charge in [-0.25, -0.2) is 0 Å². The van der Waals surface area contributed by atoms with E-state index in [1.165, 1.54) is 6.92 Å². The monoisotopic (exact) mass is 337 g/mol. The minimum atomic E-state index is -0.287. The number of carbonyl (C=O) groups excluding carboxylic acids is 3. The molecule has 1 aliphatic heterocycles. The van der Waals surface area contributed by atoms with Crippen LogP contribution in [0.4, 0.5) is 0 Å². The molecule has 0 aliphatic carbocycles. The largest absolute Gasteiger partial charge is 0.351 e. The first-order chi connectivity index (χ1) is 11.0. The number of carbonyl (C=O) groups is 3. The summed E-state index contributed by atoms with van der Waals surface area (Å²) < 4.78 is 0. The normalized spacial score (nSPS) is 14.5. The van der Waals surface area contributed by atoms with Gasteiger partial charge in [-0.3, -0.25) is 14.4 Å². The molecule has 1 aliphatic rings. The van der Waals surface area contributed by atoms with Crippen molar-refractivity contribution in [2.75, 3.05) is 32.7 Å². The van der Waals surface area contributed by atoms with Crippen LogP contribution in [0.1, 0.15) is 23.7 Å². The molecule has 1 saturated heterocycles. The average Bonchev–Trinajstić information content (AvgIpc) is 2.55. The van der Waals surface area contributed by atoms with Crippen LogP contribution in [-0.2, 0) is 9.59 Å². The summed E-state index contributed by atoms with van der Waals surface area (Å²) in [5, 5.41) is 3.09. The van der Waals surface area contributed by atoms with Crippen molar-refractivity contribution in [3.05, 3.63) is 34.9 Å². The molecule has 0 radical (unpaired) electrons. The minimum Gasteiger partial charge on any atom is -0.351 e. The highest BCUT2D eigenvalue weighted by Gasteiger charge is 2.22. The fraction of sp³-hybridized carbons (Fsp3) is 0.438. The maximum atomic E-state index is 12.1. The van der Waals surface area contributed by atoms with Crippen molar-refractivity contribution in [3.8, 4) is 0 Å². The third kappa shape index (κ3) is 4.69. The maximum Gasteiger partial charge on any atom is 0.252 e. The molecule has 0 saturated carbocycles. The number of benzene rings is 1. The van der Waals surface area contributed by atoms with Crippen molar-refractivity contribution in [2.45, 2.75) is 13.3 Å². The standard InChI is InChI=1S/C16H20ClN3O3/c1-12(21)19-8-10-20(11-9-19)15(22)6-7-18-16(23)13-4-2-3-5-14(13)17/h2-5H,6-11H2,1H3,(H,18,23). The Morgan fingerprint density at radius 2 is 1.70 bits per heavy atom. The lowest BCUT2D eigenvalue weighted by Gasteiger charge is -2.34. The summed E-state index contributed by atoms with van der Waals surface area (Å²) in [5.74, 6) is -0.276. The summed E-state index contributed by atoms with van der Waals surface area (Å²) in [6.07, 6.45) is 0.232. The van der Waals surface area contributed by atoms with Crippen LogP contribution in [0, 0.1) is 0 Å². The molecule has 0 atom stereocenters. The number of rotatable bonds is 4. The highest BCUT2D eigenvalue weighted by Crippen LogP contribution is 2.14. The number of piperazine rings is 1. The predicted octanol–water partition coefficient (Wildman–Crippen LogP) is 1.15. The van der Waals surface area contributed by atoms with E-state index < -0.39 is 0 Å². The van der Waals surface area contributed by atoms with Crippen molar-refractivity contribution in [1.29, 1.82) is 0 Å². The number of hydrogen-bond acceptors (Lipinski definition) is 3. The van der Waals surface area contributed by atoms with Gasteiger partial charge in [0.2, 0.25) is 11.8 Å². The summed E-state index contributed by atoms with van der Waals surface area (Å²) in [6.45, 7) is 3.99. The van der Waals surface area contributed by atoms with E-state index in [1.54, 1.807) is 34.1 Å². The van der Waals surface area contributed by atoms with E-state index in [9.17, 15) is 14.4 Å². The Morgan fingerprint density at radius 3 is 2.30 bits per heavy atom. The maximum absolute atomic E-state index is 12.1. The van der Waals surface area contributed by atoms with Crippen molar-refractivity contribution >= 4 is 29.3 Å². The van der Waals surface area contributed by atoms with Crippen LogP contribution >= 0.6 is 11.6 Å². The second-order valence-electron chi connectivity index (χ2n) is 5.37. The van der Waals surface area contributed by atoms with Gasteiger partial charge in [0.25, 0.3) is 5.91 Å². The van der Waals surface area contributed by atoms with E-state index in [1.807, 2.05) is 0 Å². The Morgan fingerprint density at radius 1 is 1.09 bits per heavy atom. The minimum absolute atomic E-state index is 0.0207. The van der Waals surface area contributed by atoms with Crippen molar-refractivity contribution < 1.29 is 14.4 Å². The lowest BCUT2D eigenvalue weighted by atomic mass is 10.2. The third-order valence-corrected chi connectivity index (χ3v) is 4.15. The SMILES string of the molecule is CC(=O)N1CCN(C(=O)CCNC(=O)c2ccccc2Cl)CC1. The number of hydrogen-bond donors (Lipinski definition) is 1. The van der Waals surface area contributed by atoms with Gasteiger partial charge in [-0.2, -0.15) is 0 Å². The van der Waals surface area contributed by atoms with Crippen LogP contribution < -0.4 is 5.32 Å². The quantitative estimate of drug-likeness (QED) is 0.896. The van der Waals surface area contributed by atoms with Crippen molar-refractivity contribution in [2.24, 2.45) is 0 Å². The molecule has 0 unspecified atom stereocenters. The fourth-order valence-electron chi connectivity index (χ4n) is 2.45. The van der Waals surface area contributed by atoms with Gasteiger partial charge in [0.15, 0.2) is 0 Å². The van der Waals surface area contributed by atoms with E-state index in [-0.39, 0.29) is 30.7 Å². The van der Waals surface area contributed by atoms with Crippen LogP contribution in [0.25, 0.3) is 0 Å². The lowest BCUT2D eigenvalue weighted by Crippen LogP contribution is -2.50. The highest BCUT2D eigenvalue weighted by atomic mass is 35.5. The second kappa shape index (κ2) is 7.97. The molecule has 23 heavy (non-hydrogen) atoms. The molecule has 0 spiro atoms. The average molecular weight is 338 g/mol. The van der Waals surface area contributed by atoms with Crippen molar-refractivity contribution in [1.82, 2.24) is 15.1 Å². The first-order valence-electron chi connectivity index (χ1n) is 7.55. The summed E-state index contributed by atoms with van der Waals surface area (Å²) in [6, 6.07) is 6.78. The summed E-state index contributed by atoms with van der Waals surface area (Å²) in [4.78, 5) is 38.8. The van der Waals surface area contributed by atoms with E-state index in [0.717, 1.165) is 0 Å². The second-order valence-corrected chi connectivity index (χ2v) is 5.78. The first kappa shape index (κ1) is 17.3. The van der Waals surface area contributed by atoms with Crippen LogP contribution in [0.3, 0.4) is 0 Å². The van der Waals surface area contributed by atoms with Crippen LogP contribution in [0.15, 0.2) is 24.3 Å². The molecule has 6 nitrogen and oxygen atoms in total. The summed E-state index contributed by atoms with van der Waals surface area (Å²) >= 11 is 5.95. The van der Waals surface area contributed by atoms with Gasteiger partial charge >= 0.3 is 0 Å². The molecule has 2 rings (SSSR count). The molecule has 1 fully saturated rings. The van der Waals surface area contributed by atoms with Crippen LogP contribution in [0.2, 0.25) is 5.02 Å². The highest BCUT2D eigenvalue weighted by molar-refractivity contribution is 6.33. The molecular weight excluding hydrogens is 318 g/mol. The lowest BCUT2D eigenvalue weighted by molar-refractivity contribution is -0.138. The van der Waals surface area contributed by atoms with Gasteiger partial charge < -0.3 is 15.1 Å². The molecular formula is C16H20ClN3O3. The number of amides is 3. The van der Waals surface area contributed by atoms with E-state index in [4.69, 9.17) is 11.6 Å². The van der Waals surface area contributed by atoms with Gasteiger partial charge in [0.1, 0.15) is 0 Å². The summed E-state index contributed by atoms with van der Waals surface area (Å²) in [7, 11) is 0. The molecule has 0 bridgehead atoms. The Kier molecular flexibility index (Phi) is 5.98. The molecule has 1 aromatic rings. The van der Waals surface area contributed by atoms with Crippen LogP contribution in [-0.4, -0.2) is 60.2 Å². The fourth-order valence-corrected chi connectivity index (χ4v) is 2.67. The Balaban J connectivity index is 1.74. The Bertz CT molecular complexity index is 598. The number of nitrogens with zero attached hydrogens (tertiary/aromatic N) is 2. The van der Waals surface area contributed by atoms with Crippen molar-refractivity contribution in [3.63, 3.8) is 0 Å². The predicted molar refractivity (Wildman–Crippen MR) is 87.2 cm³/mol. The molecule has 1 N–H and O–H groups in total. The molecule has 3 amide bonds. The molecule has 7 heteroatoms. The molecule has 0 aromatic heterocycles. The van der Waals surface area contributed by atoms with E-state index in [0.29, 0.717) is 36.8 Å². The molecule has 1 aromatic carbocycles. The van der Waals surface area contributed by atoms with Gasteiger partial charge in [-0.05, 0) is 12.1 Å². The molecule has 124 valence electrons. The van der Waals surface area contributed by atoms with E-state index in [2.05, 4.69) is 5.32 Å². The number of nitrogens with one attached hydrogen (secondary N) is 1. The molecule has 1 heterocycles. The topological polar surface area (TPSA) is 69.7 Å². The summed E-state index contributed by atoms with van der Waals surface area (Å²) in [5.41, 5.74) is 0.400. The third-order valence-electron chi connectivity index (χ3n) is 3.82. The number of halogens is 1.